The summed E-state index contributed by atoms with van der Waals surface area (Å²) in [6.45, 7) is 10.6. The molecular formula is C46H56F3N11O6S. The van der Waals surface area contributed by atoms with Crippen LogP contribution in [0.3, 0.4) is 0 Å². The third kappa shape index (κ3) is 8.78. The molecule has 0 aliphatic carbocycles. The van der Waals surface area contributed by atoms with Crippen molar-refractivity contribution in [1.82, 2.24) is 38.5 Å². The molecule has 9 rings (SSSR count). The zero-order valence-corrected chi connectivity index (χ0v) is 38.7. The third-order valence-electron chi connectivity index (χ3n) is 14.4. The van der Waals surface area contributed by atoms with Crippen LogP contribution in [-0.2, 0) is 19.6 Å². The Morgan fingerprint density at radius 2 is 1.49 bits per heavy atom. The van der Waals surface area contributed by atoms with Gasteiger partial charge < -0.3 is 30.2 Å². The van der Waals surface area contributed by atoms with E-state index < -0.39 is 56.5 Å². The molecule has 2 aromatic carbocycles. The van der Waals surface area contributed by atoms with Gasteiger partial charge >= 0.3 is 0 Å². The number of sulfonamides is 1. The first-order valence-electron chi connectivity index (χ1n) is 23.2. The second-order valence-corrected chi connectivity index (χ2v) is 21.0. The number of rotatable bonds is 14. The van der Waals surface area contributed by atoms with Crippen LogP contribution in [0, 0.1) is 24.4 Å². The summed E-state index contributed by atoms with van der Waals surface area (Å²) in [6.07, 6.45) is 5.44. The van der Waals surface area contributed by atoms with Gasteiger partial charge in [0.25, 0.3) is 11.8 Å². The molecule has 0 radical (unpaired) electrons. The Balaban J connectivity index is 0.730. The van der Waals surface area contributed by atoms with Gasteiger partial charge in [-0.2, -0.15) is 0 Å². The van der Waals surface area contributed by atoms with Crippen LogP contribution in [0.1, 0.15) is 97.8 Å². The normalized spacial score (nSPS) is 20.5. The van der Waals surface area contributed by atoms with E-state index in [1.54, 1.807) is 17.3 Å². The Labute approximate surface area is 386 Å². The molecule has 7 heterocycles. The Hall–Kier alpha value is -5.51. The molecule has 67 heavy (non-hydrogen) atoms. The topological polar surface area (TPSA) is 200 Å². The summed E-state index contributed by atoms with van der Waals surface area (Å²) in [5.74, 6) is -3.53. The molecule has 0 spiro atoms. The highest BCUT2D eigenvalue weighted by Gasteiger charge is 2.45. The second kappa shape index (κ2) is 18.5. The number of hydrogen-bond acceptors (Lipinski definition) is 13. The predicted molar refractivity (Wildman–Crippen MR) is 243 cm³/mol. The van der Waals surface area contributed by atoms with Crippen molar-refractivity contribution in [3.8, 4) is 11.3 Å². The average molecular weight is 948 g/mol. The van der Waals surface area contributed by atoms with Gasteiger partial charge in [-0.15, -0.1) is 0 Å². The fourth-order valence-corrected chi connectivity index (χ4v) is 12.7. The van der Waals surface area contributed by atoms with E-state index in [0.29, 0.717) is 88.6 Å². The number of piperidine rings is 3. The average Bonchev–Trinajstić information content (AvgIpc) is 3.75. The number of nitrogens with one attached hydrogen (secondary N) is 1. The number of carbonyl (C=O) groups excluding carboxylic acids is 4. The zero-order chi connectivity index (χ0) is 47.5. The summed E-state index contributed by atoms with van der Waals surface area (Å²) < 4.78 is 77.1. The van der Waals surface area contributed by atoms with Gasteiger partial charge in [0.1, 0.15) is 35.2 Å². The van der Waals surface area contributed by atoms with Crippen molar-refractivity contribution < 1.29 is 40.8 Å². The lowest BCUT2D eigenvalue weighted by Gasteiger charge is -2.50. The molecule has 3 amide bonds. The van der Waals surface area contributed by atoms with Crippen LogP contribution in [0.5, 0.6) is 0 Å². The van der Waals surface area contributed by atoms with Crippen molar-refractivity contribution >= 4 is 56.7 Å². The molecule has 5 aliphatic heterocycles. The summed E-state index contributed by atoms with van der Waals surface area (Å²) in [7, 11) is -3.54. The largest absolute Gasteiger partial charge is 0.368 e. The minimum atomic E-state index is -3.54. The molecule has 358 valence electrons. The quantitative estimate of drug-likeness (QED) is 0.134. The number of aldehydes is 1. The van der Waals surface area contributed by atoms with Gasteiger partial charge in [0.15, 0.2) is 11.6 Å². The number of aryl methyl sites for hydroxylation is 1. The lowest BCUT2D eigenvalue weighted by Crippen LogP contribution is -2.62. The fraction of sp³-hybridized carbons (Fsp3) is 0.543. The van der Waals surface area contributed by atoms with E-state index >= 15 is 13.2 Å². The number of aromatic nitrogens is 4. The van der Waals surface area contributed by atoms with E-state index in [9.17, 15) is 27.6 Å². The van der Waals surface area contributed by atoms with Crippen LogP contribution < -0.4 is 16.0 Å². The Kier molecular flexibility index (Phi) is 12.9. The van der Waals surface area contributed by atoms with Crippen LogP contribution in [0.4, 0.5) is 24.8 Å². The van der Waals surface area contributed by atoms with Crippen LogP contribution in [-0.4, -0.2) is 153 Å². The van der Waals surface area contributed by atoms with Crippen molar-refractivity contribution in [2.75, 3.05) is 62.6 Å². The maximum atomic E-state index is 15.4. The molecule has 4 aromatic rings. The predicted octanol–water partition coefficient (Wildman–Crippen LogP) is 4.25. The van der Waals surface area contributed by atoms with Crippen molar-refractivity contribution in [1.29, 1.82) is 0 Å². The van der Waals surface area contributed by atoms with Gasteiger partial charge in [0.05, 0.1) is 33.8 Å². The van der Waals surface area contributed by atoms with Crippen LogP contribution in [0.2, 0.25) is 0 Å². The molecule has 4 fully saturated rings. The molecular weight excluding hydrogens is 892 g/mol. The van der Waals surface area contributed by atoms with Gasteiger partial charge in [-0.05, 0) is 103 Å². The minimum Gasteiger partial charge on any atom is -0.368 e. The van der Waals surface area contributed by atoms with E-state index in [0.717, 1.165) is 43.1 Å². The molecule has 0 bridgehead atoms. The van der Waals surface area contributed by atoms with E-state index in [4.69, 9.17) is 5.73 Å². The number of fused-ring (bicyclic) bond motifs is 2. The standard InChI is InChI=1S/C46H56F3N11O6S/c1-26(2)59-27(3)52-42-36(48)19-28(20-40(42)59)41-37(49)23-51-46(54-41)53-29-6-16-58(17-7-29)67(65,66)32-10-14-55(15-11-32)30-8-12-56(13-9-30)31-24-57(25-31)39-22-34-33(21-35(39)47)44(63)60(45(34)64)38(43(50)62)5-4-18-61/h18-23,26,29-32,38H,4-17,24-25H2,1-3H3,(H2,50,62)(H,51,53,54). The molecule has 1 unspecified atom stereocenters. The number of imide groups is 1. The van der Waals surface area contributed by atoms with Gasteiger partial charge in [-0.1, -0.05) is 0 Å². The summed E-state index contributed by atoms with van der Waals surface area (Å²) >= 11 is 0. The van der Waals surface area contributed by atoms with Gasteiger partial charge in [0.2, 0.25) is 21.9 Å². The van der Waals surface area contributed by atoms with E-state index in [-0.39, 0.29) is 70.5 Å². The molecule has 0 saturated carbocycles. The van der Waals surface area contributed by atoms with Crippen LogP contribution in [0.25, 0.3) is 22.3 Å². The number of anilines is 2. The molecule has 4 saturated heterocycles. The fourth-order valence-electron chi connectivity index (χ4n) is 10.8. The SMILES string of the molecule is Cc1nc2c(F)cc(-c3nc(NC4CCN(S(=O)(=O)C5CCN(C6CCN(C7CN(c8cc9c(cc8F)C(=O)N(C(CCC=O)C(N)=O)C9=O)C7)CC6)CC5)CC4)ncc3F)cc2n1C(C)C. The Morgan fingerprint density at radius 1 is 0.851 bits per heavy atom. The maximum absolute atomic E-state index is 15.4. The lowest BCUT2D eigenvalue weighted by atomic mass is 9.96. The Bertz CT molecular complexity index is 2710. The highest BCUT2D eigenvalue weighted by atomic mass is 32.2. The van der Waals surface area contributed by atoms with Crippen molar-refractivity contribution in [2.45, 2.75) is 108 Å². The first kappa shape index (κ1) is 46.6. The number of amides is 3. The number of benzene rings is 2. The van der Waals surface area contributed by atoms with Gasteiger partial charge in [0, 0.05) is 75.4 Å². The third-order valence-corrected chi connectivity index (χ3v) is 16.8. The number of nitrogens with zero attached hydrogens (tertiary/aromatic N) is 9. The van der Waals surface area contributed by atoms with E-state index in [1.807, 2.05) is 23.3 Å². The van der Waals surface area contributed by atoms with Crippen LogP contribution in [0.15, 0.2) is 30.5 Å². The minimum absolute atomic E-state index is 0.00231. The van der Waals surface area contributed by atoms with Gasteiger partial charge in [-0.3, -0.25) is 24.2 Å². The molecule has 2 aromatic heterocycles. The number of carbonyl (C=O) groups is 4. The number of imidazole rings is 1. The summed E-state index contributed by atoms with van der Waals surface area (Å²) in [6, 6.07) is 4.41. The second-order valence-electron chi connectivity index (χ2n) is 18.8. The summed E-state index contributed by atoms with van der Waals surface area (Å²) in [4.78, 5) is 69.7. The number of primary amides is 1. The first-order chi connectivity index (χ1) is 32.0. The molecule has 5 aliphatic rings. The smallest absolute Gasteiger partial charge is 0.262 e. The van der Waals surface area contributed by atoms with Crippen LogP contribution >= 0.6 is 0 Å². The van der Waals surface area contributed by atoms with Crippen molar-refractivity contribution in [2.24, 2.45) is 5.73 Å². The molecule has 21 heteroatoms. The highest BCUT2D eigenvalue weighted by molar-refractivity contribution is 7.89. The van der Waals surface area contributed by atoms with Crippen molar-refractivity contribution in [3.63, 3.8) is 0 Å². The van der Waals surface area contributed by atoms with E-state index in [1.165, 1.54) is 12.1 Å². The number of likely N-dealkylation sites (tertiary alicyclic amines) is 2. The number of nitrogens with two attached hydrogens (primary N) is 1. The number of hydrogen-bond donors (Lipinski definition) is 2. The monoisotopic (exact) mass is 947 g/mol. The molecule has 17 nitrogen and oxygen atoms in total. The summed E-state index contributed by atoms with van der Waals surface area (Å²) in [5, 5.41) is 2.79. The first-order valence-corrected chi connectivity index (χ1v) is 24.7. The van der Waals surface area contributed by atoms with Crippen molar-refractivity contribution in [3.05, 3.63) is 64.9 Å². The lowest BCUT2D eigenvalue weighted by molar-refractivity contribution is -0.122. The number of halogens is 3. The highest BCUT2D eigenvalue weighted by Crippen LogP contribution is 2.36. The summed E-state index contributed by atoms with van der Waals surface area (Å²) in [5.41, 5.74) is 6.53. The Morgan fingerprint density at radius 3 is 2.13 bits per heavy atom. The molecule has 3 N–H and O–H groups in total. The molecule has 1 atom stereocenters. The van der Waals surface area contributed by atoms with Gasteiger partial charge in [-0.25, -0.2) is 40.8 Å². The maximum Gasteiger partial charge on any atom is 0.262 e. The van der Waals surface area contributed by atoms with E-state index in [2.05, 4.69) is 30.1 Å². The zero-order valence-electron chi connectivity index (χ0n) is 37.8.